The molecule has 1 saturated carbocycles. The van der Waals surface area contributed by atoms with Crippen molar-refractivity contribution in [2.24, 2.45) is 0 Å². The third kappa shape index (κ3) is 4.41. The number of rotatable bonds is 4. The van der Waals surface area contributed by atoms with Gasteiger partial charge in [-0.15, -0.1) is 0 Å². The first-order valence-electron chi connectivity index (χ1n) is 7.88. The monoisotopic (exact) mass is 321 g/mol. The van der Waals surface area contributed by atoms with Gasteiger partial charge in [-0.05, 0) is 32.3 Å². The number of aliphatic hydroxyl groups is 1. The van der Waals surface area contributed by atoms with Gasteiger partial charge in [0.1, 0.15) is 0 Å². The van der Waals surface area contributed by atoms with E-state index in [1.807, 2.05) is 0 Å². The maximum absolute atomic E-state index is 12.1. The number of nitro benzene ring substituents is 1. The predicted octanol–water partition coefficient (Wildman–Crippen LogP) is 2.57. The molecule has 0 saturated heterocycles. The lowest BCUT2D eigenvalue weighted by Crippen LogP contribution is -2.49. The fourth-order valence-electron chi connectivity index (χ4n) is 2.86. The van der Waals surface area contributed by atoms with Gasteiger partial charge >= 0.3 is 6.03 Å². The number of aryl methyl sites for hydroxylation is 1. The van der Waals surface area contributed by atoms with Crippen LogP contribution in [-0.2, 0) is 0 Å². The van der Waals surface area contributed by atoms with Gasteiger partial charge in [-0.3, -0.25) is 10.1 Å². The number of nitrogens with one attached hydrogen (secondary N) is 2. The summed E-state index contributed by atoms with van der Waals surface area (Å²) in [7, 11) is 0. The molecule has 2 rings (SSSR count). The van der Waals surface area contributed by atoms with E-state index in [4.69, 9.17) is 0 Å². The Bertz CT molecular complexity index is 591. The molecule has 7 nitrogen and oxygen atoms in total. The minimum absolute atomic E-state index is 0.0410. The average molecular weight is 321 g/mol. The summed E-state index contributed by atoms with van der Waals surface area (Å²) in [6, 6.07) is 3.96. The van der Waals surface area contributed by atoms with E-state index in [9.17, 15) is 20.0 Å². The van der Waals surface area contributed by atoms with Crippen LogP contribution in [-0.4, -0.2) is 28.2 Å². The summed E-state index contributed by atoms with van der Waals surface area (Å²) in [5.41, 5.74) is 1.29. The standard InChI is InChI=1S/C16H23N3O4/c1-10-7-8-12(9-14(10)19(22)23)11(2)17-16(21)18-13-5-3-4-6-15(13)20/h7-9,11,13,15,20H,3-6H2,1-2H3,(H2,17,18,21)/t11-,13-,15+/m0/s1. The number of aliphatic hydroxyl groups excluding tert-OH is 1. The molecule has 1 aliphatic rings. The van der Waals surface area contributed by atoms with Crippen molar-refractivity contribution >= 4 is 11.7 Å². The Morgan fingerprint density at radius 2 is 2.09 bits per heavy atom. The molecule has 7 heteroatoms. The second kappa shape index (κ2) is 7.41. The zero-order chi connectivity index (χ0) is 17.0. The normalized spacial score (nSPS) is 22.2. The largest absolute Gasteiger partial charge is 0.391 e. The molecular weight excluding hydrogens is 298 g/mol. The molecule has 0 heterocycles. The zero-order valence-electron chi connectivity index (χ0n) is 13.4. The summed E-state index contributed by atoms with van der Waals surface area (Å²) in [6.45, 7) is 3.45. The Labute approximate surface area is 135 Å². The van der Waals surface area contributed by atoms with Gasteiger partial charge in [-0.2, -0.15) is 0 Å². The van der Waals surface area contributed by atoms with Gasteiger partial charge in [0.05, 0.1) is 23.1 Å². The smallest absolute Gasteiger partial charge is 0.315 e. The Hall–Kier alpha value is -2.15. The number of benzene rings is 1. The molecular formula is C16H23N3O4. The number of nitrogens with zero attached hydrogens (tertiary/aromatic N) is 1. The van der Waals surface area contributed by atoms with Gasteiger partial charge in [0.15, 0.2) is 0 Å². The fraction of sp³-hybridized carbons (Fsp3) is 0.562. The average Bonchev–Trinajstić information content (AvgIpc) is 2.49. The number of carbonyl (C=O) groups is 1. The van der Waals surface area contributed by atoms with Crippen molar-refractivity contribution in [1.82, 2.24) is 10.6 Å². The molecule has 0 aliphatic heterocycles. The SMILES string of the molecule is Cc1ccc([C@H](C)NC(=O)N[C@H]2CCCC[C@H]2O)cc1[N+](=O)[O-]. The number of urea groups is 1. The molecule has 1 fully saturated rings. The molecule has 0 spiro atoms. The van der Waals surface area contributed by atoms with Crippen LogP contribution in [0.1, 0.15) is 49.8 Å². The fourth-order valence-corrected chi connectivity index (χ4v) is 2.86. The predicted molar refractivity (Wildman–Crippen MR) is 86.2 cm³/mol. The van der Waals surface area contributed by atoms with Crippen LogP contribution >= 0.6 is 0 Å². The van der Waals surface area contributed by atoms with Crippen molar-refractivity contribution in [2.75, 3.05) is 0 Å². The van der Waals surface area contributed by atoms with Crippen molar-refractivity contribution in [3.05, 3.63) is 39.4 Å². The van der Waals surface area contributed by atoms with E-state index in [0.29, 0.717) is 17.5 Å². The molecule has 0 bridgehead atoms. The molecule has 3 atom stereocenters. The van der Waals surface area contributed by atoms with Gasteiger partial charge in [-0.1, -0.05) is 25.0 Å². The zero-order valence-corrected chi connectivity index (χ0v) is 13.4. The molecule has 0 radical (unpaired) electrons. The summed E-state index contributed by atoms with van der Waals surface area (Å²) in [6.07, 6.45) is 2.92. The van der Waals surface area contributed by atoms with E-state index in [2.05, 4.69) is 10.6 Å². The third-order valence-corrected chi connectivity index (χ3v) is 4.32. The second-order valence-electron chi connectivity index (χ2n) is 6.10. The van der Waals surface area contributed by atoms with E-state index >= 15 is 0 Å². The molecule has 0 unspecified atom stereocenters. The highest BCUT2D eigenvalue weighted by Crippen LogP contribution is 2.23. The van der Waals surface area contributed by atoms with Gasteiger partial charge in [0.2, 0.25) is 0 Å². The minimum Gasteiger partial charge on any atom is -0.391 e. The van der Waals surface area contributed by atoms with Crippen molar-refractivity contribution in [3.8, 4) is 0 Å². The van der Waals surface area contributed by atoms with E-state index in [0.717, 1.165) is 19.3 Å². The molecule has 1 aromatic rings. The number of amides is 2. The number of nitro groups is 1. The van der Waals surface area contributed by atoms with Crippen LogP contribution < -0.4 is 10.6 Å². The van der Waals surface area contributed by atoms with Gasteiger partial charge in [-0.25, -0.2) is 4.79 Å². The summed E-state index contributed by atoms with van der Waals surface area (Å²) in [5, 5.41) is 26.4. The van der Waals surface area contributed by atoms with E-state index < -0.39 is 11.0 Å². The molecule has 1 aliphatic carbocycles. The highest BCUT2D eigenvalue weighted by atomic mass is 16.6. The lowest BCUT2D eigenvalue weighted by atomic mass is 9.93. The topological polar surface area (TPSA) is 104 Å². The summed E-state index contributed by atoms with van der Waals surface area (Å²) in [4.78, 5) is 22.6. The van der Waals surface area contributed by atoms with Gasteiger partial charge in [0, 0.05) is 11.6 Å². The minimum atomic E-state index is -0.509. The molecule has 1 aromatic carbocycles. The first kappa shape index (κ1) is 17.2. The van der Waals surface area contributed by atoms with E-state index in [1.54, 1.807) is 26.0 Å². The number of hydrogen-bond acceptors (Lipinski definition) is 4. The van der Waals surface area contributed by atoms with Crippen molar-refractivity contribution in [1.29, 1.82) is 0 Å². The Morgan fingerprint density at radius 3 is 2.74 bits per heavy atom. The summed E-state index contributed by atoms with van der Waals surface area (Å²) >= 11 is 0. The number of carbonyl (C=O) groups excluding carboxylic acids is 1. The third-order valence-electron chi connectivity index (χ3n) is 4.32. The summed E-state index contributed by atoms with van der Waals surface area (Å²) < 4.78 is 0. The van der Waals surface area contributed by atoms with Crippen LogP contribution in [0.15, 0.2) is 18.2 Å². The lowest BCUT2D eigenvalue weighted by Gasteiger charge is -2.29. The highest BCUT2D eigenvalue weighted by molar-refractivity contribution is 5.74. The first-order valence-corrected chi connectivity index (χ1v) is 7.88. The molecule has 0 aromatic heterocycles. The van der Waals surface area contributed by atoms with Crippen molar-refractivity contribution in [3.63, 3.8) is 0 Å². The van der Waals surface area contributed by atoms with Crippen LogP contribution in [0, 0.1) is 17.0 Å². The molecule has 2 amide bonds. The van der Waals surface area contributed by atoms with Gasteiger partial charge in [0.25, 0.3) is 5.69 Å². The molecule has 3 N–H and O–H groups in total. The maximum atomic E-state index is 12.1. The van der Waals surface area contributed by atoms with E-state index in [1.165, 1.54) is 6.07 Å². The Morgan fingerprint density at radius 1 is 1.39 bits per heavy atom. The van der Waals surface area contributed by atoms with Crippen LogP contribution in [0.25, 0.3) is 0 Å². The lowest BCUT2D eigenvalue weighted by molar-refractivity contribution is -0.385. The maximum Gasteiger partial charge on any atom is 0.315 e. The van der Waals surface area contributed by atoms with Crippen LogP contribution in [0.2, 0.25) is 0 Å². The molecule has 23 heavy (non-hydrogen) atoms. The Kier molecular flexibility index (Phi) is 5.54. The van der Waals surface area contributed by atoms with Crippen molar-refractivity contribution < 1.29 is 14.8 Å². The van der Waals surface area contributed by atoms with Crippen LogP contribution in [0.5, 0.6) is 0 Å². The summed E-state index contributed by atoms with van der Waals surface area (Å²) in [5.74, 6) is 0. The molecule has 126 valence electrons. The first-order chi connectivity index (χ1) is 10.9. The van der Waals surface area contributed by atoms with Crippen LogP contribution in [0.4, 0.5) is 10.5 Å². The number of hydrogen-bond donors (Lipinski definition) is 3. The highest BCUT2D eigenvalue weighted by Gasteiger charge is 2.25. The quantitative estimate of drug-likeness (QED) is 0.585. The Balaban J connectivity index is 1.98. The van der Waals surface area contributed by atoms with Crippen LogP contribution in [0.3, 0.4) is 0 Å². The second-order valence-corrected chi connectivity index (χ2v) is 6.10. The van der Waals surface area contributed by atoms with Gasteiger partial charge < -0.3 is 15.7 Å². The van der Waals surface area contributed by atoms with E-state index in [-0.39, 0.29) is 23.8 Å². The van der Waals surface area contributed by atoms with Crippen molar-refractivity contribution in [2.45, 2.75) is 57.7 Å².